The Morgan fingerprint density at radius 2 is 2.19 bits per heavy atom. The summed E-state index contributed by atoms with van der Waals surface area (Å²) in [5.74, 6) is 2.86. The highest BCUT2D eigenvalue weighted by molar-refractivity contribution is 5.75. The van der Waals surface area contributed by atoms with E-state index in [-0.39, 0.29) is 11.9 Å². The van der Waals surface area contributed by atoms with Gasteiger partial charge in [0.05, 0.1) is 13.0 Å². The maximum Gasteiger partial charge on any atom is 0.312 e. The lowest BCUT2D eigenvalue weighted by atomic mass is 9.85. The first-order chi connectivity index (χ1) is 7.70. The van der Waals surface area contributed by atoms with E-state index in [1.54, 1.807) is 0 Å². The molecular weight excluding hydrogens is 200 g/mol. The van der Waals surface area contributed by atoms with Crippen LogP contribution in [0.1, 0.15) is 19.8 Å². The number of ether oxygens (including phenoxy) is 1. The topological polar surface area (TPSA) is 26.3 Å². The van der Waals surface area contributed by atoms with E-state index in [1.165, 1.54) is 19.1 Å². The smallest absolute Gasteiger partial charge is 0.312 e. The first-order valence-electron chi connectivity index (χ1n) is 6.17. The molecule has 3 aliphatic carbocycles. The van der Waals surface area contributed by atoms with Crippen molar-refractivity contribution in [3.63, 3.8) is 0 Å². The van der Waals surface area contributed by atoms with Gasteiger partial charge in [0.15, 0.2) is 0 Å². The molecule has 0 spiro atoms. The highest BCUT2D eigenvalue weighted by Gasteiger charge is 2.47. The summed E-state index contributed by atoms with van der Waals surface area (Å²) in [7, 11) is 1.47. The van der Waals surface area contributed by atoms with Crippen molar-refractivity contribution in [1.29, 1.82) is 0 Å². The van der Waals surface area contributed by atoms with Crippen LogP contribution in [0.5, 0.6) is 0 Å². The Hall–Kier alpha value is -1.05. The summed E-state index contributed by atoms with van der Waals surface area (Å²) in [6.45, 7) is 1.97. The van der Waals surface area contributed by atoms with E-state index < -0.39 is 0 Å². The van der Waals surface area contributed by atoms with E-state index >= 15 is 0 Å². The minimum Gasteiger partial charge on any atom is -0.469 e. The quantitative estimate of drug-likeness (QED) is 0.526. The van der Waals surface area contributed by atoms with Gasteiger partial charge in [0, 0.05) is 0 Å². The lowest BCUT2D eigenvalue weighted by molar-refractivity contribution is -0.143. The molecule has 0 N–H and O–H groups in total. The molecule has 86 valence electrons. The zero-order valence-electron chi connectivity index (χ0n) is 9.85. The Labute approximate surface area is 96.4 Å². The summed E-state index contributed by atoms with van der Waals surface area (Å²) in [5.41, 5.74) is 1.31. The number of esters is 1. The zero-order chi connectivity index (χ0) is 11.3. The van der Waals surface area contributed by atoms with Crippen LogP contribution in [-0.4, -0.2) is 13.1 Å². The van der Waals surface area contributed by atoms with E-state index in [2.05, 4.69) is 18.2 Å². The summed E-state index contributed by atoms with van der Waals surface area (Å²) >= 11 is 0. The van der Waals surface area contributed by atoms with Crippen LogP contribution in [0, 0.1) is 29.6 Å². The Bertz CT molecular complexity index is 380. The third kappa shape index (κ3) is 1.28. The first kappa shape index (κ1) is 10.1. The Morgan fingerprint density at radius 3 is 2.88 bits per heavy atom. The van der Waals surface area contributed by atoms with Gasteiger partial charge in [-0.25, -0.2) is 0 Å². The standard InChI is InChI=1S/C14H18O2/c1-8(14(15)16-2)11-6-12-9-3-4-10(5-9)13(12)7-11/h3-4,6,8-10,12-13H,5,7H2,1-2H3. The highest BCUT2D eigenvalue weighted by Crippen LogP contribution is 2.55. The molecule has 2 bridgehead atoms. The van der Waals surface area contributed by atoms with E-state index in [1.807, 2.05) is 6.92 Å². The molecule has 0 saturated heterocycles. The van der Waals surface area contributed by atoms with Gasteiger partial charge in [-0.2, -0.15) is 0 Å². The molecule has 0 amide bonds. The molecule has 0 radical (unpaired) electrons. The monoisotopic (exact) mass is 218 g/mol. The van der Waals surface area contributed by atoms with Crippen LogP contribution in [0.25, 0.3) is 0 Å². The first-order valence-corrected chi connectivity index (χ1v) is 6.17. The van der Waals surface area contributed by atoms with Crippen molar-refractivity contribution in [2.75, 3.05) is 7.11 Å². The minimum atomic E-state index is -0.0912. The number of rotatable bonds is 2. The summed E-state index contributed by atoms with van der Waals surface area (Å²) in [4.78, 5) is 11.5. The molecule has 1 fully saturated rings. The minimum absolute atomic E-state index is 0.0463. The predicted molar refractivity (Wildman–Crippen MR) is 61.6 cm³/mol. The molecule has 2 nitrogen and oxygen atoms in total. The van der Waals surface area contributed by atoms with Gasteiger partial charge >= 0.3 is 5.97 Å². The molecular formula is C14H18O2. The lowest BCUT2D eigenvalue weighted by Gasteiger charge is -2.19. The van der Waals surface area contributed by atoms with Gasteiger partial charge in [0.1, 0.15) is 0 Å². The van der Waals surface area contributed by atoms with Crippen LogP contribution in [-0.2, 0) is 9.53 Å². The number of allylic oxidation sites excluding steroid dienone is 3. The number of fused-ring (bicyclic) bond motifs is 5. The second-order valence-corrected chi connectivity index (χ2v) is 5.38. The normalized spacial score (nSPS) is 40.8. The van der Waals surface area contributed by atoms with Crippen molar-refractivity contribution < 1.29 is 9.53 Å². The van der Waals surface area contributed by atoms with Gasteiger partial charge in [0.2, 0.25) is 0 Å². The average molecular weight is 218 g/mol. The third-order valence-electron chi connectivity index (χ3n) is 4.68. The van der Waals surface area contributed by atoms with Gasteiger partial charge in [0.25, 0.3) is 0 Å². The van der Waals surface area contributed by atoms with Crippen LogP contribution >= 0.6 is 0 Å². The Kier molecular flexibility index (Phi) is 2.20. The number of hydrogen-bond donors (Lipinski definition) is 0. The molecule has 16 heavy (non-hydrogen) atoms. The number of carbonyl (C=O) groups excluding carboxylic acids is 1. The Balaban J connectivity index is 1.78. The van der Waals surface area contributed by atoms with Crippen molar-refractivity contribution in [3.05, 3.63) is 23.8 Å². The molecule has 0 aromatic heterocycles. The third-order valence-corrected chi connectivity index (χ3v) is 4.68. The van der Waals surface area contributed by atoms with Crippen molar-refractivity contribution in [1.82, 2.24) is 0 Å². The molecule has 0 aliphatic heterocycles. The Morgan fingerprint density at radius 1 is 1.44 bits per heavy atom. The van der Waals surface area contributed by atoms with E-state index in [9.17, 15) is 4.79 Å². The molecule has 0 aromatic carbocycles. The predicted octanol–water partition coefficient (Wildman–Crippen LogP) is 2.56. The van der Waals surface area contributed by atoms with Crippen molar-refractivity contribution in [3.8, 4) is 0 Å². The zero-order valence-corrected chi connectivity index (χ0v) is 9.85. The molecule has 2 heteroatoms. The fourth-order valence-electron chi connectivity index (χ4n) is 3.73. The van der Waals surface area contributed by atoms with Gasteiger partial charge in [-0.1, -0.05) is 23.8 Å². The maximum absolute atomic E-state index is 11.5. The van der Waals surface area contributed by atoms with Crippen molar-refractivity contribution in [2.45, 2.75) is 19.8 Å². The fourth-order valence-corrected chi connectivity index (χ4v) is 3.73. The molecule has 0 aromatic rings. The van der Waals surface area contributed by atoms with Crippen LogP contribution in [0.2, 0.25) is 0 Å². The van der Waals surface area contributed by atoms with Crippen LogP contribution in [0.15, 0.2) is 23.8 Å². The molecule has 0 heterocycles. The largest absolute Gasteiger partial charge is 0.469 e. The van der Waals surface area contributed by atoms with Gasteiger partial charge < -0.3 is 4.74 Å². The number of hydrogen-bond acceptors (Lipinski definition) is 2. The number of methoxy groups -OCH3 is 1. The maximum atomic E-state index is 11.5. The van der Waals surface area contributed by atoms with Crippen molar-refractivity contribution >= 4 is 5.97 Å². The van der Waals surface area contributed by atoms with Crippen LogP contribution in [0.3, 0.4) is 0 Å². The van der Waals surface area contributed by atoms with E-state index in [0.717, 1.165) is 24.2 Å². The molecule has 3 rings (SSSR count). The fraction of sp³-hybridized carbons (Fsp3) is 0.643. The van der Waals surface area contributed by atoms with E-state index in [0.29, 0.717) is 5.92 Å². The van der Waals surface area contributed by atoms with Crippen LogP contribution in [0.4, 0.5) is 0 Å². The summed E-state index contributed by atoms with van der Waals surface area (Å²) in [6.07, 6.45) is 9.55. The summed E-state index contributed by atoms with van der Waals surface area (Å²) in [6, 6.07) is 0. The summed E-state index contributed by atoms with van der Waals surface area (Å²) in [5, 5.41) is 0. The molecule has 5 atom stereocenters. The van der Waals surface area contributed by atoms with E-state index in [4.69, 9.17) is 4.74 Å². The molecule has 1 saturated carbocycles. The highest BCUT2D eigenvalue weighted by atomic mass is 16.5. The number of carbonyl (C=O) groups is 1. The van der Waals surface area contributed by atoms with Gasteiger partial charge in [-0.05, 0) is 43.4 Å². The molecule has 3 aliphatic rings. The second-order valence-electron chi connectivity index (χ2n) is 5.38. The van der Waals surface area contributed by atoms with Gasteiger partial charge in [-0.15, -0.1) is 0 Å². The second kappa shape index (κ2) is 3.47. The molecule has 5 unspecified atom stereocenters. The SMILES string of the molecule is COC(=O)C(C)C1=CC2C3C=CC(C3)C2C1. The van der Waals surface area contributed by atoms with Gasteiger partial charge in [-0.3, -0.25) is 4.79 Å². The average Bonchev–Trinajstić information content (AvgIpc) is 2.97. The summed E-state index contributed by atoms with van der Waals surface area (Å²) < 4.78 is 4.82. The van der Waals surface area contributed by atoms with Crippen molar-refractivity contribution in [2.24, 2.45) is 29.6 Å². The lowest BCUT2D eigenvalue weighted by Crippen LogP contribution is -2.16. The van der Waals surface area contributed by atoms with Crippen LogP contribution < -0.4 is 0 Å².